The van der Waals surface area contributed by atoms with Crippen molar-refractivity contribution < 1.29 is 1.43 Å². The Morgan fingerprint density at radius 2 is 1.71 bits per heavy atom. The van der Waals surface area contributed by atoms with Crippen LogP contribution in [-0.4, -0.2) is 22.5 Å². The van der Waals surface area contributed by atoms with Crippen LogP contribution in [0, 0.1) is 0 Å². The van der Waals surface area contributed by atoms with Crippen molar-refractivity contribution in [2.45, 2.75) is 0 Å². The Labute approximate surface area is 58.1 Å². The van der Waals surface area contributed by atoms with Crippen molar-refractivity contribution >= 4 is 26.1 Å². The summed E-state index contributed by atoms with van der Waals surface area (Å²) in [6.07, 6.45) is 0. The van der Waals surface area contributed by atoms with Gasteiger partial charge >= 0.3 is 56.4 Å². The van der Waals surface area contributed by atoms with E-state index in [2.05, 4.69) is 24.3 Å². The number of rotatable bonds is 0. The zero-order valence-electron chi connectivity index (χ0n) is 4.89. The molecule has 0 saturated heterocycles. The summed E-state index contributed by atoms with van der Waals surface area (Å²) in [7, 11) is 0. The molecule has 0 fully saturated rings. The molecule has 0 spiro atoms. The summed E-state index contributed by atoms with van der Waals surface area (Å²) in [4.78, 5) is 0. The zero-order chi connectivity index (χ0) is 5.11. The van der Waals surface area contributed by atoms with Gasteiger partial charge < -0.3 is 1.43 Å². The van der Waals surface area contributed by atoms with Gasteiger partial charge in [0.05, 0.1) is 0 Å². The normalized spacial score (nSPS) is 8.71. The molecule has 0 amide bonds. The summed E-state index contributed by atoms with van der Waals surface area (Å²) in [6, 6.07) is 10.4. The van der Waals surface area contributed by atoms with Crippen LogP contribution in [0.15, 0.2) is 30.3 Å². The zero-order valence-corrected chi connectivity index (χ0v) is 6.74. The van der Waals surface area contributed by atoms with Crippen LogP contribution in [0.25, 0.3) is 0 Å². The van der Waals surface area contributed by atoms with E-state index in [0.717, 1.165) is 0 Å². The standard InChI is InChI=1S/C6H5.Sn.H/c1-2-4-6-5-3-1;;/h1-5H;;/q;;-1. The van der Waals surface area contributed by atoms with Crippen molar-refractivity contribution in [3.8, 4) is 0 Å². The fourth-order valence-corrected chi connectivity index (χ4v) is 0.987. The average Bonchev–Trinajstić information content (AvgIpc) is 1.69. The van der Waals surface area contributed by atoms with Crippen LogP contribution in [0.4, 0.5) is 0 Å². The monoisotopic (exact) mass is 198 g/mol. The quantitative estimate of drug-likeness (QED) is 0.534. The fraction of sp³-hybridized carbons (Fsp3) is 0. The SMILES string of the molecule is [H-].[Sn][c]1ccccc1. The average molecular weight is 197 g/mol. The van der Waals surface area contributed by atoms with Gasteiger partial charge in [-0.3, -0.25) is 0 Å². The van der Waals surface area contributed by atoms with Gasteiger partial charge in [0.2, 0.25) is 0 Å². The third-order valence-corrected chi connectivity index (χ3v) is 1.73. The van der Waals surface area contributed by atoms with E-state index in [4.69, 9.17) is 0 Å². The molecule has 1 aromatic rings. The first-order valence-corrected chi connectivity index (χ1v) is 3.59. The molecule has 0 aliphatic heterocycles. The van der Waals surface area contributed by atoms with Gasteiger partial charge in [-0.2, -0.15) is 0 Å². The maximum absolute atomic E-state index is 2.12. The molecule has 35 valence electrons. The Morgan fingerprint density at radius 1 is 1.14 bits per heavy atom. The molecular formula is C6H6Sn-. The molecule has 0 aromatic heterocycles. The first-order chi connectivity index (χ1) is 3.39. The summed E-state index contributed by atoms with van der Waals surface area (Å²) >= 11 is 1.49. The molecule has 0 atom stereocenters. The van der Waals surface area contributed by atoms with Gasteiger partial charge in [-0.1, -0.05) is 0 Å². The fourth-order valence-electron chi connectivity index (χ4n) is 0.438. The van der Waals surface area contributed by atoms with Crippen molar-refractivity contribution in [2.24, 2.45) is 0 Å². The number of hydrogen-bond acceptors (Lipinski definition) is 0. The molecule has 0 heterocycles. The molecule has 0 bridgehead atoms. The molecule has 0 saturated carbocycles. The van der Waals surface area contributed by atoms with Crippen molar-refractivity contribution in [3.63, 3.8) is 0 Å². The molecular weight excluding hydrogens is 191 g/mol. The van der Waals surface area contributed by atoms with Crippen LogP contribution >= 0.6 is 0 Å². The van der Waals surface area contributed by atoms with E-state index in [1.54, 1.807) is 0 Å². The van der Waals surface area contributed by atoms with Crippen LogP contribution in [0.1, 0.15) is 1.43 Å². The molecule has 0 aliphatic carbocycles. The van der Waals surface area contributed by atoms with E-state index in [1.807, 2.05) is 6.07 Å². The Hall–Kier alpha value is 0.0187. The van der Waals surface area contributed by atoms with Crippen molar-refractivity contribution in [3.05, 3.63) is 30.3 Å². The molecule has 0 aliphatic rings. The molecule has 0 unspecified atom stereocenters. The van der Waals surface area contributed by atoms with Crippen molar-refractivity contribution in [2.75, 3.05) is 0 Å². The second-order valence-electron chi connectivity index (χ2n) is 1.37. The first-order valence-electron chi connectivity index (χ1n) is 2.16. The second kappa shape index (κ2) is 2.36. The van der Waals surface area contributed by atoms with Crippen LogP contribution in [0.5, 0.6) is 0 Å². The minimum atomic E-state index is 0. The Morgan fingerprint density at radius 3 is 2.00 bits per heavy atom. The van der Waals surface area contributed by atoms with Gasteiger partial charge in [0.25, 0.3) is 0 Å². The second-order valence-corrected chi connectivity index (χ2v) is 3.01. The van der Waals surface area contributed by atoms with Crippen LogP contribution in [-0.2, 0) is 0 Å². The van der Waals surface area contributed by atoms with E-state index in [1.165, 1.54) is 26.1 Å². The maximum atomic E-state index is 2.12. The number of benzene rings is 1. The Kier molecular flexibility index (Phi) is 1.74. The van der Waals surface area contributed by atoms with Gasteiger partial charge in [0, 0.05) is 0 Å². The summed E-state index contributed by atoms with van der Waals surface area (Å²) < 4.78 is 1.41. The molecule has 0 nitrogen and oxygen atoms in total. The van der Waals surface area contributed by atoms with Gasteiger partial charge in [0.15, 0.2) is 0 Å². The van der Waals surface area contributed by atoms with Crippen LogP contribution in [0.2, 0.25) is 0 Å². The minimum absolute atomic E-state index is 0. The third-order valence-electron chi connectivity index (χ3n) is 0.774. The van der Waals surface area contributed by atoms with E-state index < -0.39 is 0 Å². The molecule has 1 rings (SSSR count). The van der Waals surface area contributed by atoms with E-state index in [9.17, 15) is 0 Å². The van der Waals surface area contributed by atoms with Gasteiger partial charge in [-0.05, 0) is 0 Å². The predicted octanol–water partition coefficient (Wildman–Crippen LogP) is 0.593. The van der Waals surface area contributed by atoms with Gasteiger partial charge in [-0.25, -0.2) is 0 Å². The predicted molar refractivity (Wildman–Crippen MR) is 32.9 cm³/mol. The van der Waals surface area contributed by atoms with Crippen LogP contribution < -0.4 is 3.58 Å². The summed E-state index contributed by atoms with van der Waals surface area (Å²) in [5, 5.41) is 0. The topological polar surface area (TPSA) is 0 Å². The molecule has 1 heteroatoms. The molecule has 7 heavy (non-hydrogen) atoms. The summed E-state index contributed by atoms with van der Waals surface area (Å²) in [5.74, 6) is 0. The summed E-state index contributed by atoms with van der Waals surface area (Å²) in [6.45, 7) is 0. The van der Waals surface area contributed by atoms with Crippen molar-refractivity contribution in [1.29, 1.82) is 0 Å². The van der Waals surface area contributed by atoms with Crippen LogP contribution in [0.3, 0.4) is 0 Å². The molecule has 1 aromatic carbocycles. The third kappa shape index (κ3) is 1.51. The van der Waals surface area contributed by atoms with E-state index in [-0.39, 0.29) is 1.43 Å². The Balaban J connectivity index is 0.000000490. The molecule has 0 N–H and O–H groups in total. The number of hydrogen-bond donors (Lipinski definition) is 0. The molecule has 3 radical (unpaired) electrons. The van der Waals surface area contributed by atoms with E-state index >= 15 is 0 Å². The first kappa shape index (κ1) is 5.16. The van der Waals surface area contributed by atoms with Gasteiger partial charge in [-0.15, -0.1) is 0 Å². The summed E-state index contributed by atoms with van der Waals surface area (Å²) in [5.41, 5.74) is 0. The van der Waals surface area contributed by atoms with Gasteiger partial charge in [0.1, 0.15) is 0 Å². The van der Waals surface area contributed by atoms with E-state index in [0.29, 0.717) is 0 Å². The van der Waals surface area contributed by atoms with Crippen molar-refractivity contribution in [1.82, 2.24) is 0 Å². The Bertz CT molecular complexity index is 138.